The molecule has 0 fully saturated rings. The van der Waals surface area contributed by atoms with Crippen LogP contribution in [0.4, 0.5) is 0 Å². The van der Waals surface area contributed by atoms with Crippen molar-refractivity contribution >= 4 is 16.1 Å². The summed E-state index contributed by atoms with van der Waals surface area (Å²) in [6, 6.07) is 8.89. The summed E-state index contributed by atoms with van der Waals surface area (Å²) in [6.07, 6.45) is 1.70. The molecule has 0 amide bonds. The first-order chi connectivity index (χ1) is 8.49. The highest BCUT2D eigenvalue weighted by Gasteiger charge is 2.08. The van der Waals surface area contributed by atoms with Gasteiger partial charge >= 0.3 is 0 Å². The van der Waals surface area contributed by atoms with Crippen LogP contribution in [-0.2, 0) is 9.84 Å². The molecule has 6 heteroatoms. The predicted octanol–water partition coefficient (Wildman–Crippen LogP) is 2.29. The molecule has 1 aromatic heterocycles. The lowest BCUT2D eigenvalue weighted by molar-refractivity contribution is 0.109. The topological polar surface area (TPSA) is 73.6 Å². The zero-order chi connectivity index (χ0) is 13.2. The van der Waals surface area contributed by atoms with Gasteiger partial charge in [-0.15, -0.1) is 0 Å². The number of rotatable bonds is 4. The maximum Gasteiger partial charge on any atom is 0.290 e. The van der Waals surface area contributed by atoms with Gasteiger partial charge in [0.05, 0.1) is 4.90 Å². The molecular formula is C12H10O5S. The summed E-state index contributed by atoms with van der Waals surface area (Å²) in [5, 5.41) is 0. The van der Waals surface area contributed by atoms with E-state index in [-0.39, 0.29) is 16.6 Å². The van der Waals surface area contributed by atoms with Gasteiger partial charge in [-0.1, -0.05) is 0 Å². The molecule has 2 rings (SSSR count). The fraction of sp³-hybridized carbons (Fsp3) is 0.0833. The lowest BCUT2D eigenvalue weighted by Crippen LogP contribution is -1.96. The third kappa shape index (κ3) is 2.78. The van der Waals surface area contributed by atoms with E-state index < -0.39 is 9.84 Å². The van der Waals surface area contributed by atoms with Gasteiger partial charge in [0.25, 0.3) is 5.95 Å². The van der Waals surface area contributed by atoms with Gasteiger partial charge in [0, 0.05) is 12.3 Å². The number of hydrogen-bond donors (Lipinski definition) is 0. The lowest BCUT2D eigenvalue weighted by atomic mass is 10.3. The van der Waals surface area contributed by atoms with Crippen LogP contribution in [0.25, 0.3) is 0 Å². The minimum atomic E-state index is -3.22. The molecule has 5 nitrogen and oxygen atoms in total. The van der Waals surface area contributed by atoms with E-state index in [0.29, 0.717) is 12.0 Å². The second-order valence-electron chi connectivity index (χ2n) is 3.62. The van der Waals surface area contributed by atoms with E-state index in [2.05, 4.69) is 0 Å². The fourth-order valence-corrected chi connectivity index (χ4v) is 1.95. The number of hydrogen-bond acceptors (Lipinski definition) is 5. The molecule has 1 aromatic carbocycles. The molecule has 0 radical (unpaired) electrons. The van der Waals surface area contributed by atoms with Crippen molar-refractivity contribution < 1.29 is 22.4 Å². The molecule has 94 valence electrons. The number of sulfone groups is 1. The van der Waals surface area contributed by atoms with Crippen LogP contribution in [0.1, 0.15) is 10.6 Å². The Labute approximate surface area is 104 Å². The molecule has 0 N–H and O–H groups in total. The number of carbonyl (C=O) groups excluding carboxylic acids is 1. The van der Waals surface area contributed by atoms with Crippen LogP contribution in [0.2, 0.25) is 0 Å². The SMILES string of the molecule is CS(=O)(=O)c1ccc(Oc2ccc(C=O)o2)cc1. The summed E-state index contributed by atoms with van der Waals surface area (Å²) in [5.41, 5.74) is 0. The molecule has 0 unspecified atom stereocenters. The maximum atomic E-state index is 11.2. The summed E-state index contributed by atoms with van der Waals surface area (Å²) in [6.45, 7) is 0. The second-order valence-corrected chi connectivity index (χ2v) is 5.64. The van der Waals surface area contributed by atoms with Crippen molar-refractivity contribution in [3.05, 3.63) is 42.2 Å². The lowest BCUT2D eigenvalue weighted by Gasteiger charge is -2.02. The van der Waals surface area contributed by atoms with E-state index in [1.807, 2.05) is 0 Å². The summed E-state index contributed by atoms with van der Waals surface area (Å²) >= 11 is 0. The minimum absolute atomic E-state index is 0.165. The minimum Gasteiger partial charge on any atom is -0.426 e. The Kier molecular flexibility index (Phi) is 3.20. The summed E-state index contributed by atoms with van der Waals surface area (Å²) in [5.74, 6) is 0.760. The Morgan fingerprint density at radius 3 is 2.28 bits per heavy atom. The smallest absolute Gasteiger partial charge is 0.290 e. The van der Waals surface area contributed by atoms with E-state index in [0.717, 1.165) is 6.26 Å². The van der Waals surface area contributed by atoms with Crippen LogP contribution in [-0.4, -0.2) is 21.0 Å². The van der Waals surface area contributed by atoms with Crippen molar-refractivity contribution in [3.8, 4) is 11.7 Å². The molecule has 0 saturated carbocycles. The highest BCUT2D eigenvalue weighted by Crippen LogP contribution is 2.24. The molecule has 0 saturated heterocycles. The molecule has 0 atom stereocenters. The van der Waals surface area contributed by atoms with Crippen molar-refractivity contribution in [2.24, 2.45) is 0 Å². The van der Waals surface area contributed by atoms with Gasteiger partial charge in [0.1, 0.15) is 5.75 Å². The van der Waals surface area contributed by atoms with Gasteiger partial charge in [-0.05, 0) is 30.3 Å². The molecule has 18 heavy (non-hydrogen) atoms. The van der Waals surface area contributed by atoms with Crippen LogP contribution < -0.4 is 4.74 Å². The normalized spacial score (nSPS) is 11.2. The zero-order valence-corrected chi connectivity index (χ0v) is 10.3. The Morgan fingerprint density at radius 1 is 1.11 bits per heavy atom. The maximum absolute atomic E-state index is 11.2. The molecule has 0 aliphatic rings. The van der Waals surface area contributed by atoms with Crippen LogP contribution in [0.3, 0.4) is 0 Å². The molecule has 0 aliphatic heterocycles. The Bertz CT molecular complexity index is 652. The summed E-state index contributed by atoms with van der Waals surface area (Å²) in [4.78, 5) is 10.6. The quantitative estimate of drug-likeness (QED) is 0.794. The summed E-state index contributed by atoms with van der Waals surface area (Å²) < 4.78 is 32.8. The number of furan rings is 1. The zero-order valence-electron chi connectivity index (χ0n) is 9.49. The van der Waals surface area contributed by atoms with E-state index in [9.17, 15) is 13.2 Å². The van der Waals surface area contributed by atoms with Crippen molar-refractivity contribution in [2.45, 2.75) is 4.90 Å². The standard InChI is InChI=1S/C12H10O5S/c1-18(14,15)11-5-2-9(3-6-11)16-12-7-4-10(8-13)17-12/h2-8H,1H3. The first-order valence-electron chi connectivity index (χ1n) is 5.02. The van der Waals surface area contributed by atoms with Gasteiger partial charge in [0.15, 0.2) is 21.9 Å². The summed E-state index contributed by atoms with van der Waals surface area (Å²) in [7, 11) is -3.22. The van der Waals surface area contributed by atoms with Crippen LogP contribution in [0, 0.1) is 0 Å². The van der Waals surface area contributed by atoms with Crippen molar-refractivity contribution in [3.63, 3.8) is 0 Å². The Balaban J connectivity index is 2.18. The third-order valence-corrected chi connectivity index (χ3v) is 3.32. The van der Waals surface area contributed by atoms with Crippen molar-refractivity contribution in [1.29, 1.82) is 0 Å². The Morgan fingerprint density at radius 2 is 1.78 bits per heavy atom. The highest BCUT2D eigenvalue weighted by molar-refractivity contribution is 7.90. The van der Waals surface area contributed by atoms with Crippen molar-refractivity contribution in [1.82, 2.24) is 0 Å². The number of aldehydes is 1. The molecule has 0 spiro atoms. The Hall–Kier alpha value is -2.08. The van der Waals surface area contributed by atoms with Gasteiger partial charge in [-0.25, -0.2) is 8.42 Å². The highest BCUT2D eigenvalue weighted by atomic mass is 32.2. The van der Waals surface area contributed by atoms with Gasteiger partial charge in [0.2, 0.25) is 0 Å². The van der Waals surface area contributed by atoms with Crippen LogP contribution >= 0.6 is 0 Å². The van der Waals surface area contributed by atoms with Gasteiger partial charge in [-0.2, -0.15) is 0 Å². The number of benzene rings is 1. The first-order valence-corrected chi connectivity index (χ1v) is 6.91. The largest absolute Gasteiger partial charge is 0.426 e. The average Bonchev–Trinajstić information content (AvgIpc) is 2.76. The molecule has 1 heterocycles. The van der Waals surface area contributed by atoms with Crippen LogP contribution in [0.15, 0.2) is 45.7 Å². The van der Waals surface area contributed by atoms with Crippen LogP contribution in [0.5, 0.6) is 11.7 Å². The first kappa shape index (κ1) is 12.4. The van der Waals surface area contributed by atoms with Gasteiger partial charge < -0.3 is 9.15 Å². The number of carbonyl (C=O) groups is 1. The van der Waals surface area contributed by atoms with E-state index in [1.165, 1.54) is 36.4 Å². The fourth-order valence-electron chi connectivity index (χ4n) is 1.32. The van der Waals surface area contributed by atoms with E-state index >= 15 is 0 Å². The molecular weight excluding hydrogens is 256 g/mol. The van der Waals surface area contributed by atoms with E-state index in [1.54, 1.807) is 0 Å². The third-order valence-electron chi connectivity index (χ3n) is 2.19. The average molecular weight is 266 g/mol. The predicted molar refractivity (Wildman–Crippen MR) is 63.7 cm³/mol. The molecule has 0 bridgehead atoms. The molecule has 2 aromatic rings. The van der Waals surface area contributed by atoms with Gasteiger partial charge in [-0.3, -0.25) is 4.79 Å². The molecule has 0 aliphatic carbocycles. The van der Waals surface area contributed by atoms with Crippen molar-refractivity contribution in [2.75, 3.05) is 6.26 Å². The monoisotopic (exact) mass is 266 g/mol. The van der Waals surface area contributed by atoms with E-state index in [4.69, 9.17) is 9.15 Å². The second kappa shape index (κ2) is 4.66. The number of ether oxygens (including phenoxy) is 1.